The van der Waals surface area contributed by atoms with Gasteiger partial charge in [-0.3, -0.25) is 4.72 Å². The van der Waals surface area contributed by atoms with Crippen LogP contribution in [0.3, 0.4) is 0 Å². The quantitative estimate of drug-likeness (QED) is 0.504. The largest absolute Gasteiger partial charge is 0.495 e. The van der Waals surface area contributed by atoms with Gasteiger partial charge in [-0.15, -0.1) is 0 Å². The molecule has 2 heterocycles. The predicted molar refractivity (Wildman–Crippen MR) is 133 cm³/mol. The monoisotopic (exact) mass is 491 g/mol. The van der Waals surface area contributed by atoms with Crippen LogP contribution in [0.4, 0.5) is 11.4 Å². The van der Waals surface area contributed by atoms with Crippen molar-refractivity contribution in [3.63, 3.8) is 0 Å². The first-order valence-electron chi connectivity index (χ1n) is 10.3. The Bertz CT molecular complexity index is 1190. The number of methoxy groups -OCH3 is 1. The highest BCUT2D eigenvalue weighted by Gasteiger charge is 2.24. The second-order valence-corrected chi connectivity index (χ2v) is 10.9. The lowest BCUT2D eigenvalue weighted by molar-refractivity contribution is 0.406. The summed E-state index contributed by atoms with van der Waals surface area (Å²) in [5.41, 5.74) is 3.18. The van der Waals surface area contributed by atoms with Crippen LogP contribution in [-0.4, -0.2) is 40.7 Å². The molecule has 1 aromatic heterocycles. The zero-order chi connectivity index (χ0) is 22.9. The highest BCUT2D eigenvalue weighted by atomic mass is 35.5. The van der Waals surface area contributed by atoms with Gasteiger partial charge in [0.05, 0.1) is 17.8 Å². The fourth-order valence-corrected chi connectivity index (χ4v) is 6.31. The summed E-state index contributed by atoms with van der Waals surface area (Å²) >= 11 is 7.97. The summed E-state index contributed by atoms with van der Waals surface area (Å²) in [4.78, 5) is 2.26. The van der Waals surface area contributed by atoms with Crippen LogP contribution in [0.25, 0.3) is 11.1 Å². The number of halogens is 1. The van der Waals surface area contributed by atoms with Gasteiger partial charge in [0, 0.05) is 30.9 Å². The van der Waals surface area contributed by atoms with Crippen LogP contribution in [0.15, 0.2) is 58.1 Å². The van der Waals surface area contributed by atoms with Gasteiger partial charge in [0.25, 0.3) is 10.0 Å². The van der Waals surface area contributed by atoms with E-state index in [2.05, 4.69) is 28.8 Å². The summed E-state index contributed by atoms with van der Waals surface area (Å²) < 4.78 is 34.5. The third kappa shape index (κ3) is 4.88. The van der Waals surface area contributed by atoms with Crippen molar-refractivity contribution in [2.75, 3.05) is 29.8 Å². The Balaban J connectivity index is 1.64. The first-order valence-corrected chi connectivity index (χ1v) is 13.1. The highest BCUT2D eigenvalue weighted by molar-refractivity contribution is 7.92. The lowest BCUT2D eigenvalue weighted by atomic mass is 10.1. The van der Waals surface area contributed by atoms with Gasteiger partial charge in [0.15, 0.2) is 0 Å². The van der Waals surface area contributed by atoms with E-state index in [-0.39, 0.29) is 9.92 Å². The van der Waals surface area contributed by atoms with Crippen LogP contribution >= 0.6 is 22.9 Å². The summed E-state index contributed by atoms with van der Waals surface area (Å²) in [5.74, 6) is 0.444. The molecule has 32 heavy (non-hydrogen) atoms. The van der Waals surface area contributed by atoms with Crippen LogP contribution in [0.2, 0.25) is 5.02 Å². The van der Waals surface area contributed by atoms with Crippen molar-refractivity contribution in [1.82, 2.24) is 5.32 Å². The zero-order valence-electron chi connectivity index (χ0n) is 18.1. The van der Waals surface area contributed by atoms with Crippen LogP contribution in [-0.2, 0) is 10.0 Å². The molecule has 9 heteroatoms. The van der Waals surface area contributed by atoms with Gasteiger partial charge in [0.2, 0.25) is 0 Å². The molecule has 0 unspecified atom stereocenters. The summed E-state index contributed by atoms with van der Waals surface area (Å²) in [6.07, 6.45) is 0. The number of piperazine rings is 1. The molecule has 2 atom stereocenters. The van der Waals surface area contributed by atoms with E-state index in [1.165, 1.54) is 13.2 Å². The number of nitrogens with zero attached hydrogens (tertiary/aromatic N) is 1. The van der Waals surface area contributed by atoms with E-state index in [4.69, 9.17) is 16.3 Å². The Morgan fingerprint density at radius 3 is 2.47 bits per heavy atom. The molecule has 1 aliphatic rings. The number of sulfonamides is 1. The van der Waals surface area contributed by atoms with E-state index >= 15 is 0 Å². The lowest BCUT2D eigenvalue weighted by Gasteiger charge is -2.38. The highest BCUT2D eigenvalue weighted by Crippen LogP contribution is 2.34. The molecule has 2 aromatic carbocycles. The molecule has 170 valence electrons. The maximum Gasteiger partial charge on any atom is 0.263 e. The third-order valence-electron chi connectivity index (χ3n) is 5.43. The minimum atomic E-state index is -3.92. The molecule has 0 bridgehead atoms. The van der Waals surface area contributed by atoms with Crippen molar-refractivity contribution in [3.05, 3.63) is 58.2 Å². The Hall–Kier alpha value is -2.26. The minimum absolute atomic E-state index is 0.0232. The number of thiophene rings is 1. The van der Waals surface area contributed by atoms with Crippen LogP contribution in [0.1, 0.15) is 13.8 Å². The third-order valence-corrected chi connectivity index (χ3v) is 7.96. The molecule has 0 radical (unpaired) electrons. The topological polar surface area (TPSA) is 70.7 Å². The summed E-state index contributed by atoms with van der Waals surface area (Å²) in [6, 6.07) is 13.2. The summed E-state index contributed by atoms with van der Waals surface area (Å²) in [6.45, 7) is 5.94. The number of benzene rings is 2. The van der Waals surface area contributed by atoms with Crippen molar-refractivity contribution in [1.29, 1.82) is 0 Å². The number of anilines is 2. The standard InChI is InChI=1S/C23H26ClN3O3S2/c1-15-12-27(13-16(2)25-15)19-5-6-22(30-3)21(11-19)26-32(28,29)23-7-4-17(10-20(23)24)18-8-9-31-14-18/h4-11,14-16,25-26H,12-13H2,1-3H3/t15-,16+. The van der Waals surface area contributed by atoms with E-state index in [9.17, 15) is 8.42 Å². The fraction of sp³-hybridized carbons (Fsp3) is 0.304. The lowest BCUT2D eigenvalue weighted by Crippen LogP contribution is -2.54. The first-order chi connectivity index (χ1) is 15.3. The Kier molecular flexibility index (Phi) is 6.67. The number of nitrogens with one attached hydrogen (secondary N) is 2. The number of hydrogen-bond acceptors (Lipinski definition) is 6. The molecule has 1 fully saturated rings. The van der Waals surface area contributed by atoms with E-state index in [0.717, 1.165) is 29.9 Å². The van der Waals surface area contributed by atoms with Crippen molar-refractivity contribution >= 4 is 44.3 Å². The first kappa shape index (κ1) is 22.9. The van der Waals surface area contributed by atoms with E-state index in [1.807, 2.05) is 29.0 Å². The maximum absolute atomic E-state index is 13.2. The molecule has 3 aromatic rings. The molecular formula is C23H26ClN3O3S2. The number of hydrogen-bond donors (Lipinski definition) is 2. The second kappa shape index (κ2) is 9.31. The van der Waals surface area contributed by atoms with Gasteiger partial charge in [-0.2, -0.15) is 11.3 Å². The molecule has 2 N–H and O–H groups in total. The molecule has 6 nitrogen and oxygen atoms in total. The zero-order valence-corrected chi connectivity index (χ0v) is 20.5. The van der Waals surface area contributed by atoms with Crippen LogP contribution in [0.5, 0.6) is 5.75 Å². The Labute approximate surface area is 198 Å². The average molecular weight is 492 g/mol. The Morgan fingerprint density at radius 2 is 1.84 bits per heavy atom. The van der Waals surface area contributed by atoms with Gasteiger partial charge in [-0.25, -0.2) is 8.42 Å². The van der Waals surface area contributed by atoms with Gasteiger partial charge in [-0.1, -0.05) is 17.7 Å². The fourth-order valence-electron chi connectivity index (χ4n) is 4.04. The predicted octanol–water partition coefficient (Wildman–Crippen LogP) is 5.06. The number of ether oxygens (including phenoxy) is 1. The molecule has 0 spiro atoms. The SMILES string of the molecule is COc1ccc(N2C[C@@H](C)N[C@@H](C)C2)cc1NS(=O)(=O)c1ccc(-c2ccsc2)cc1Cl. The molecular weight excluding hydrogens is 466 g/mol. The summed E-state index contributed by atoms with van der Waals surface area (Å²) in [7, 11) is -2.40. The Morgan fingerprint density at radius 1 is 1.09 bits per heavy atom. The number of rotatable bonds is 6. The molecule has 1 saturated heterocycles. The smallest absolute Gasteiger partial charge is 0.263 e. The molecule has 0 amide bonds. The van der Waals surface area contributed by atoms with Crippen molar-refractivity contribution in [3.8, 4) is 16.9 Å². The van der Waals surface area contributed by atoms with Crippen molar-refractivity contribution in [2.45, 2.75) is 30.8 Å². The van der Waals surface area contributed by atoms with Gasteiger partial charge >= 0.3 is 0 Å². The molecule has 0 saturated carbocycles. The van der Waals surface area contributed by atoms with Crippen molar-refractivity contribution in [2.24, 2.45) is 0 Å². The normalized spacial score (nSPS) is 19.1. The van der Waals surface area contributed by atoms with Gasteiger partial charge in [0.1, 0.15) is 10.6 Å². The van der Waals surface area contributed by atoms with Gasteiger partial charge < -0.3 is 15.0 Å². The average Bonchev–Trinajstić information content (AvgIpc) is 3.27. The maximum atomic E-state index is 13.2. The molecule has 1 aliphatic heterocycles. The van der Waals surface area contributed by atoms with E-state index in [1.54, 1.807) is 29.5 Å². The molecule has 4 rings (SSSR count). The second-order valence-electron chi connectivity index (χ2n) is 8.02. The van der Waals surface area contributed by atoms with Crippen molar-refractivity contribution < 1.29 is 13.2 Å². The van der Waals surface area contributed by atoms with Crippen LogP contribution < -0.4 is 19.7 Å². The van der Waals surface area contributed by atoms with Gasteiger partial charge in [-0.05, 0) is 72.1 Å². The summed E-state index contributed by atoms with van der Waals surface area (Å²) in [5, 5.41) is 7.63. The van der Waals surface area contributed by atoms with E-state index in [0.29, 0.717) is 23.5 Å². The van der Waals surface area contributed by atoms with Crippen LogP contribution in [0, 0.1) is 0 Å². The molecule has 0 aliphatic carbocycles. The minimum Gasteiger partial charge on any atom is -0.495 e. The van der Waals surface area contributed by atoms with E-state index < -0.39 is 10.0 Å².